The van der Waals surface area contributed by atoms with Gasteiger partial charge in [-0.05, 0) is 42.1 Å². The predicted octanol–water partition coefficient (Wildman–Crippen LogP) is 4.07. The van der Waals surface area contributed by atoms with Gasteiger partial charge in [0.05, 0.1) is 22.1 Å². The SMILES string of the molecule is CS(=O)(=O)c1ccc(OCCCC(=O)Nc2nc(-c3cccs3)cs2)cc1. The summed E-state index contributed by atoms with van der Waals surface area (Å²) in [4.78, 5) is 17.7. The van der Waals surface area contributed by atoms with Gasteiger partial charge in [0.1, 0.15) is 5.75 Å². The summed E-state index contributed by atoms with van der Waals surface area (Å²) >= 11 is 3.01. The summed E-state index contributed by atoms with van der Waals surface area (Å²) in [5, 5.41) is 7.29. The monoisotopic (exact) mass is 422 g/mol. The predicted molar refractivity (Wildman–Crippen MR) is 108 cm³/mol. The Morgan fingerprint density at radius 1 is 1.19 bits per heavy atom. The highest BCUT2D eigenvalue weighted by atomic mass is 32.2. The van der Waals surface area contributed by atoms with Crippen LogP contribution in [0.25, 0.3) is 10.6 Å². The zero-order chi connectivity index (χ0) is 19.3. The second-order valence-electron chi connectivity index (χ2n) is 5.76. The lowest BCUT2D eigenvalue weighted by molar-refractivity contribution is -0.116. The van der Waals surface area contributed by atoms with E-state index in [0.717, 1.165) is 16.8 Å². The van der Waals surface area contributed by atoms with Crippen molar-refractivity contribution in [1.29, 1.82) is 0 Å². The van der Waals surface area contributed by atoms with E-state index in [1.165, 1.54) is 23.5 Å². The Kier molecular flexibility index (Phi) is 6.25. The third-order valence-corrected chi connectivity index (χ3v) is 6.37. The van der Waals surface area contributed by atoms with Gasteiger partial charge >= 0.3 is 0 Å². The molecule has 0 aliphatic carbocycles. The first-order chi connectivity index (χ1) is 12.9. The molecule has 142 valence electrons. The number of rotatable bonds is 8. The average Bonchev–Trinajstić information content (AvgIpc) is 3.30. The Balaban J connectivity index is 1.41. The molecule has 0 saturated heterocycles. The fraction of sp³-hybridized carbons (Fsp3) is 0.222. The summed E-state index contributed by atoms with van der Waals surface area (Å²) < 4.78 is 28.4. The standard InChI is InChI=1S/C18H18N2O4S3/c1-27(22,23)14-8-6-13(7-9-14)24-10-2-5-17(21)20-18-19-15(12-26-18)16-4-3-11-25-16/h3-4,6-9,11-12H,2,5,10H2,1H3,(H,19,20,21). The van der Waals surface area contributed by atoms with E-state index < -0.39 is 9.84 Å². The van der Waals surface area contributed by atoms with Gasteiger partial charge in [0.15, 0.2) is 15.0 Å². The van der Waals surface area contributed by atoms with Gasteiger partial charge in [0.2, 0.25) is 5.91 Å². The third-order valence-electron chi connectivity index (χ3n) is 3.59. The molecule has 6 nitrogen and oxygen atoms in total. The van der Waals surface area contributed by atoms with Gasteiger partial charge in [-0.15, -0.1) is 22.7 Å². The Labute approximate surface area is 165 Å². The van der Waals surface area contributed by atoms with E-state index in [4.69, 9.17) is 4.74 Å². The maximum Gasteiger partial charge on any atom is 0.226 e. The van der Waals surface area contributed by atoms with E-state index in [0.29, 0.717) is 30.3 Å². The Hall–Kier alpha value is -2.23. The van der Waals surface area contributed by atoms with Gasteiger partial charge in [-0.3, -0.25) is 4.79 Å². The zero-order valence-electron chi connectivity index (χ0n) is 14.5. The van der Waals surface area contributed by atoms with E-state index >= 15 is 0 Å². The molecule has 0 spiro atoms. The van der Waals surface area contributed by atoms with Crippen LogP contribution in [0.3, 0.4) is 0 Å². The minimum atomic E-state index is -3.21. The zero-order valence-corrected chi connectivity index (χ0v) is 17.0. The molecule has 1 N–H and O–H groups in total. The Morgan fingerprint density at radius 2 is 1.96 bits per heavy atom. The lowest BCUT2D eigenvalue weighted by atomic mass is 10.3. The number of carbonyl (C=O) groups is 1. The van der Waals surface area contributed by atoms with Crippen molar-refractivity contribution in [3.63, 3.8) is 0 Å². The minimum absolute atomic E-state index is 0.113. The van der Waals surface area contributed by atoms with Gasteiger partial charge in [0.25, 0.3) is 0 Å². The van der Waals surface area contributed by atoms with E-state index in [2.05, 4.69) is 10.3 Å². The van der Waals surface area contributed by atoms with Crippen molar-refractivity contribution in [3.8, 4) is 16.3 Å². The van der Waals surface area contributed by atoms with Crippen molar-refractivity contribution in [2.45, 2.75) is 17.7 Å². The normalized spacial score (nSPS) is 11.3. The molecule has 1 amide bonds. The first kappa shape index (κ1) is 19.5. The van der Waals surface area contributed by atoms with Crippen LogP contribution < -0.4 is 10.1 Å². The largest absolute Gasteiger partial charge is 0.494 e. The van der Waals surface area contributed by atoms with Crippen molar-refractivity contribution < 1.29 is 17.9 Å². The Bertz CT molecular complexity index is 994. The first-order valence-electron chi connectivity index (χ1n) is 8.14. The second kappa shape index (κ2) is 8.64. The van der Waals surface area contributed by atoms with Crippen LogP contribution in [0, 0.1) is 0 Å². The summed E-state index contributed by atoms with van der Waals surface area (Å²) in [6.07, 6.45) is 2.02. The average molecular weight is 423 g/mol. The van der Waals surface area contributed by atoms with Crippen molar-refractivity contribution in [3.05, 3.63) is 47.2 Å². The topological polar surface area (TPSA) is 85.4 Å². The highest BCUT2D eigenvalue weighted by molar-refractivity contribution is 7.90. The molecule has 27 heavy (non-hydrogen) atoms. The van der Waals surface area contributed by atoms with Crippen LogP contribution >= 0.6 is 22.7 Å². The number of thiophene rings is 1. The highest BCUT2D eigenvalue weighted by Gasteiger charge is 2.09. The quantitative estimate of drug-likeness (QED) is 0.553. The molecule has 2 aromatic heterocycles. The van der Waals surface area contributed by atoms with Crippen molar-refractivity contribution in [2.75, 3.05) is 18.2 Å². The fourth-order valence-corrected chi connectivity index (χ4v) is 4.37. The first-order valence-corrected chi connectivity index (χ1v) is 11.8. The van der Waals surface area contributed by atoms with Crippen molar-refractivity contribution in [1.82, 2.24) is 4.98 Å². The smallest absolute Gasteiger partial charge is 0.226 e. The fourth-order valence-electron chi connectivity index (χ4n) is 2.26. The van der Waals surface area contributed by atoms with Crippen LogP contribution in [0.1, 0.15) is 12.8 Å². The third kappa shape index (κ3) is 5.62. The van der Waals surface area contributed by atoms with Crippen molar-refractivity contribution in [2.24, 2.45) is 0 Å². The number of nitrogens with zero attached hydrogens (tertiary/aromatic N) is 1. The molecule has 0 fully saturated rings. The molecule has 2 heterocycles. The number of carbonyl (C=O) groups excluding carboxylic acids is 1. The minimum Gasteiger partial charge on any atom is -0.494 e. The number of sulfone groups is 1. The number of thiazole rings is 1. The molecular weight excluding hydrogens is 404 g/mol. The molecule has 0 unspecified atom stereocenters. The van der Waals surface area contributed by atoms with Gasteiger partial charge in [-0.25, -0.2) is 13.4 Å². The molecule has 0 aliphatic heterocycles. The molecule has 0 radical (unpaired) electrons. The molecule has 1 aromatic carbocycles. The molecular formula is C18H18N2O4S3. The lowest BCUT2D eigenvalue weighted by Crippen LogP contribution is -2.12. The number of amides is 1. The number of anilines is 1. The second-order valence-corrected chi connectivity index (χ2v) is 9.58. The maximum absolute atomic E-state index is 12.0. The van der Waals surface area contributed by atoms with Crippen LogP contribution in [-0.2, 0) is 14.6 Å². The maximum atomic E-state index is 12.0. The highest BCUT2D eigenvalue weighted by Crippen LogP contribution is 2.28. The molecule has 0 saturated carbocycles. The van der Waals surface area contributed by atoms with E-state index in [1.54, 1.807) is 23.5 Å². The van der Waals surface area contributed by atoms with Gasteiger partial charge in [-0.1, -0.05) is 6.07 Å². The summed E-state index contributed by atoms with van der Waals surface area (Å²) in [5.41, 5.74) is 0.867. The summed E-state index contributed by atoms with van der Waals surface area (Å²) in [6, 6.07) is 10.2. The van der Waals surface area contributed by atoms with Crippen LogP contribution in [0.4, 0.5) is 5.13 Å². The number of hydrogen-bond acceptors (Lipinski definition) is 7. The number of aromatic nitrogens is 1. The van der Waals surface area contributed by atoms with Gasteiger partial charge < -0.3 is 10.1 Å². The van der Waals surface area contributed by atoms with Crippen LogP contribution in [0.5, 0.6) is 5.75 Å². The lowest BCUT2D eigenvalue weighted by Gasteiger charge is -2.07. The summed E-state index contributed by atoms with van der Waals surface area (Å²) in [6.45, 7) is 0.365. The number of ether oxygens (including phenoxy) is 1. The van der Waals surface area contributed by atoms with E-state index in [9.17, 15) is 13.2 Å². The Morgan fingerprint density at radius 3 is 2.63 bits per heavy atom. The summed E-state index contributed by atoms with van der Waals surface area (Å²) in [5.74, 6) is 0.460. The van der Waals surface area contributed by atoms with Gasteiger partial charge in [0, 0.05) is 18.1 Å². The number of nitrogens with one attached hydrogen (secondary N) is 1. The number of benzene rings is 1. The summed E-state index contributed by atoms with van der Waals surface area (Å²) in [7, 11) is -3.21. The molecule has 0 atom stereocenters. The molecule has 9 heteroatoms. The van der Waals surface area contributed by atoms with Crippen LogP contribution in [-0.4, -0.2) is 32.2 Å². The molecule has 3 rings (SSSR count). The van der Waals surface area contributed by atoms with Gasteiger partial charge in [-0.2, -0.15) is 0 Å². The van der Waals surface area contributed by atoms with Crippen LogP contribution in [0.15, 0.2) is 52.1 Å². The molecule has 0 bridgehead atoms. The van der Waals surface area contributed by atoms with Crippen LogP contribution in [0.2, 0.25) is 0 Å². The van der Waals surface area contributed by atoms with Crippen molar-refractivity contribution >= 4 is 43.5 Å². The molecule has 0 aliphatic rings. The van der Waals surface area contributed by atoms with E-state index in [1.807, 2.05) is 22.9 Å². The number of hydrogen-bond donors (Lipinski definition) is 1. The molecule has 3 aromatic rings. The van der Waals surface area contributed by atoms with E-state index in [-0.39, 0.29) is 10.8 Å².